The summed E-state index contributed by atoms with van der Waals surface area (Å²) in [5.41, 5.74) is 0.288. The lowest BCUT2D eigenvalue weighted by molar-refractivity contribution is 0.0483. The molecule has 1 N–H and O–H groups in total. The van der Waals surface area contributed by atoms with Crippen LogP contribution in [0.4, 0.5) is 23.2 Å². The Labute approximate surface area is 151 Å². The lowest BCUT2D eigenvalue weighted by atomic mass is 10.1. The minimum absolute atomic E-state index is 0.0587. The Morgan fingerprint density at radius 1 is 1.19 bits per heavy atom. The van der Waals surface area contributed by atoms with Crippen LogP contribution in [-0.2, 0) is 10.8 Å². The van der Waals surface area contributed by atoms with Gasteiger partial charge < -0.3 is 5.32 Å². The van der Waals surface area contributed by atoms with Crippen molar-refractivity contribution in [3.63, 3.8) is 0 Å². The first-order chi connectivity index (χ1) is 12.1. The van der Waals surface area contributed by atoms with Crippen LogP contribution in [-0.4, -0.2) is 28.8 Å². The second kappa shape index (κ2) is 7.99. The molecule has 0 saturated heterocycles. The van der Waals surface area contributed by atoms with E-state index in [1.54, 1.807) is 6.07 Å². The molecule has 0 saturated carbocycles. The van der Waals surface area contributed by atoms with Crippen LogP contribution in [0.3, 0.4) is 0 Å². The molecule has 0 spiro atoms. The van der Waals surface area contributed by atoms with Gasteiger partial charge >= 0.3 is 0 Å². The van der Waals surface area contributed by atoms with Crippen molar-refractivity contribution in [3.8, 4) is 0 Å². The highest BCUT2D eigenvalue weighted by Crippen LogP contribution is 2.26. The van der Waals surface area contributed by atoms with Crippen molar-refractivity contribution in [2.45, 2.75) is 24.7 Å². The molecule has 0 aliphatic heterocycles. The first kappa shape index (κ1) is 20.1. The molecule has 0 aliphatic rings. The van der Waals surface area contributed by atoms with Gasteiger partial charge in [-0.1, -0.05) is 12.1 Å². The number of hydrogen-bond acceptors (Lipinski definition) is 2. The van der Waals surface area contributed by atoms with Gasteiger partial charge in [0.15, 0.2) is 0 Å². The molecule has 0 heterocycles. The monoisotopic (exact) mass is 386 g/mol. The standard InChI is InChI=1S/C18H18F4N2OS/c1-11-8-14(20)15(9-16(11)26(25)10-18(2,21)22)24-17(23-3)12-6-4-5-7-13(12)19/h4-9H,10H2,1-3H3,(H,23,24). The number of rotatable bonds is 5. The molecule has 0 amide bonds. The van der Waals surface area contributed by atoms with E-state index >= 15 is 0 Å². The van der Waals surface area contributed by atoms with E-state index in [1.165, 1.54) is 38.2 Å². The van der Waals surface area contributed by atoms with Gasteiger partial charge in [-0.3, -0.25) is 9.20 Å². The van der Waals surface area contributed by atoms with Crippen LogP contribution in [0.5, 0.6) is 0 Å². The van der Waals surface area contributed by atoms with Gasteiger partial charge in [0.2, 0.25) is 0 Å². The molecule has 8 heteroatoms. The van der Waals surface area contributed by atoms with Gasteiger partial charge in [0, 0.05) is 18.9 Å². The molecule has 26 heavy (non-hydrogen) atoms. The van der Waals surface area contributed by atoms with E-state index in [0.29, 0.717) is 6.92 Å². The fourth-order valence-corrected chi connectivity index (χ4v) is 3.61. The van der Waals surface area contributed by atoms with Gasteiger partial charge in [-0.15, -0.1) is 0 Å². The predicted octanol–water partition coefficient (Wildman–Crippen LogP) is 4.52. The molecular weight excluding hydrogens is 368 g/mol. The Kier molecular flexibility index (Phi) is 6.17. The highest BCUT2D eigenvalue weighted by atomic mass is 32.2. The molecule has 140 valence electrons. The van der Waals surface area contributed by atoms with E-state index in [4.69, 9.17) is 0 Å². The van der Waals surface area contributed by atoms with Crippen LogP contribution in [0.2, 0.25) is 0 Å². The number of aliphatic imine (C=N–C) groups is 1. The third-order valence-corrected chi connectivity index (χ3v) is 5.20. The zero-order valence-corrected chi connectivity index (χ0v) is 15.3. The molecule has 2 aromatic carbocycles. The van der Waals surface area contributed by atoms with Crippen LogP contribution in [0.15, 0.2) is 46.3 Å². The maximum absolute atomic E-state index is 14.3. The lowest BCUT2D eigenvalue weighted by Crippen LogP contribution is -2.21. The Hall–Kier alpha value is -2.22. The Morgan fingerprint density at radius 2 is 1.85 bits per heavy atom. The van der Waals surface area contributed by atoms with E-state index in [1.807, 2.05) is 0 Å². The second-order valence-corrected chi connectivity index (χ2v) is 7.25. The fourth-order valence-electron chi connectivity index (χ4n) is 2.33. The van der Waals surface area contributed by atoms with Crippen LogP contribution in [0.25, 0.3) is 0 Å². The molecule has 0 bridgehead atoms. The normalized spacial score (nSPS) is 13.6. The maximum atomic E-state index is 14.3. The highest BCUT2D eigenvalue weighted by molar-refractivity contribution is 7.85. The minimum atomic E-state index is -3.12. The van der Waals surface area contributed by atoms with E-state index in [-0.39, 0.29) is 27.5 Å². The van der Waals surface area contributed by atoms with Crippen LogP contribution >= 0.6 is 0 Å². The van der Waals surface area contributed by atoms with Crippen molar-refractivity contribution < 1.29 is 21.8 Å². The lowest BCUT2D eigenvalue weighted by Gasteiger charge is -2.15. The Balaban J connectivity index is 2.39. The third-order valence-electron chi connectivity index (χ3n) is 3.50. The summed E-state index contributed by atoms with van der Waals surface area (Å²) in [4.78, 5) is 4.00. The van der Waals surface area contributed by atoms with Crippen molar-refractivity contribution in [3.05, 3.63) is 59.2 Å². The quantitative estimate of drug-likeness (QED) is 0.466. The summed E-state index contributed by atoms with van der Waals surface area (Å²) in [6.45, 7) is 2.16. The van der Waals surface area contributed by atoms with E-state index in [2.05, 4.69) is 10.3 Å². The number of anilines is 1. The molecule has 0 aromatic heterocycles. The number of amidine groups is 1. The Bertz CT molecular complexity index is 863. The number of nitrogens with zero attached hydrogens (tertiary/aromatic N) is 1. The molecule has 1 atom stereocenters. The smallest absolute Gasteiger partial charge is 0.257 e. The van der Waals surface area contributed by atoms with Gasteiger partial charge in [0.25, 0.3) is 5.92 Å². The summed E-state index contributed by atoms with van der Waals surface area (Å²) in [7, 11) is -0.619. The maximum Gasteiger partial charge on any atom is 0.257 e. The largest absolute Gasteiger partial charge is 0.338 e. The van der Waals surface area contributed by atoms with E-state index in [0.717, 1.165) is 6.07 Å². The van der Waals surface area contributed by atoms with Crippen molar-refractivity contribution >= 4 is 22.3 Å². The van der Waals surface area contributed by atoms with Crippen LogP contribution < -0.4 is 5.32 Å². The number of benzene rings is 2. The Morgan fingerprint density at radius 3 is 2.42 bits per heavy atom. The highest BCUT2D eigenvalue weighted by Gasteiger charge is 2.27. The number of aryl methyl sites for hydroxylation is 1. The third kappa shape index (κ3) is 4.91. The number of halogens is 4. The van der Waals surface area contributed by atoms with E-state index in [9.17, 15) is 21.8 Å². The summed E-state index contributed by atoms with van der Waals surface area (Å²) < 4.78 is 66.8. The number of nitrogens with one attached hydrogen (secondary N) is 1. The molecule has 0 aliphatic carbocycles. The van der Waals surface area contributed by atoms with Crippen LogP contribution in [0.1, 0.15) is 18.1 Å². The molecule has 3 nitrogen and oxygen atoms in total. The summed E-state index contributed by atoms with van der Waals surface area (Å²) in [5.74, 6) is -5.18. The zero-order valence-electron chi connectivity index (χ0n) is 14.4. The van der Waals surface area contributed by atoms with Gasteiger partial charge in [-0.25, -0.2) is 17.6 Å². The molecular formula is C18H18F4N2OS. The fraction of sp³-hybridized carbons (Fsp3) is 0.278. The van der Waals surface area contributed by atoms with Crippen molar-refractivity contribution in [1.82, 2.24) is 0 Å². The summed E-state index contributed by atoms with van der Waals surface area (Å²) in [5, 5.41) is 2.65. The summed E-state index contributed by atoms with van der Waals surface area (Å²) in [6, 6.07) is 8.09. The summed E-state index contributed by atoms with van der Waals surface area (Å²) in [6.07, 6.45) is 0. The minimum Gasteiger partial charge on any atom is -0.338 e. The SMILES string of the molecule is CN=C(Nc1cc(S(=O)CC(C)(F)F)c(C)cc1F)c1ccccc1F. The number of alkyl halides is 2. The van der Waals surface area contributed by atoms with Crippen molar-refractivity contribution in [1.29, 1.82) is 0 Å². The average molecular weight is 386 g/mol. The number of hydrogen-bond donors (Lipinski definition) is 1. The van der Waals surface area contributed by atoms with Crippen molar-refractivity contribution in [2.24, 2.45) is 4.99 Å². The summed E-state index contributed by atoms with van der Waals surface area (Å²) >= 11 is 0. The van der Waals surface area contributed by atoms with Crippen LogP contribution in [0, 0.1) is 18.6 Å². The molecule has 2 aromatic rings. The van der Waals surface area contributed by atoms with Gasteiger partial charge in [-0.2, -0.15) is 0 Å². The molecule has 2 rings (SSSR count). The predicted molar refractivity (Wildman–Crippen MR) is 95.5 cm³/mol. The molecule has 0 radical (unpaired) electrons. The average Bonchev–Trinajstić information content (AvgIpc) is 2.53. The first-order valence-electron chi connectivity index (χ1n) is 7.67. The topological polar surface area (TPSA) is 41.5 Å². The van der Waals surface area contributed by atoms with Gasteiger partial charge in [-0.05, 0) is 36.8 Å². The van der Waals surface area contributed by atoms with Crippen molar-refractivity contribution in [2.75, 3.05) is 18.1 Å². The van der Waals surface area contributed by atoms with E-state index < -0.39 is 34.1 Å². The second-order valence-electron chi connectivity index (χ2n) is 5.83. The molecule has 1 unspecified atom stereocenters. The molecule has 0 fully saturated rings. The van der Waals surface area contributed by atoms with Gasteiger partial charge in [0.05, 0.1) is 27.8 Å². The van der Waals surface area contributed by atoms with Gasteiger partial charge in [0.1, 0.15) is 17.5 Å². The first-order valence-corrected chi connectivity index (χ1v) is 8.99. The zero-order chi connectivity index (χ0) is 19.5.